The number of aryl methyl sites for hydroxylation is 1. The monoisotopic (exact) mass is 322 g/mol. The Morgan fingerprint density at radius 2 is 2.00 bits per heavy atom. The number of pyridine rings is 1. The maximum atomic E-state index is 12.4. The largest absolute Gasteiger partial charge is 0.325 e. The number of anilines is 1. The highest BCUT2D eigenvalue weighted by Crippen LogP contribution is 2.32. The molecule has 0 unspecified atom stereocenters. The van der Waals surface area contributed by atoms with Crippen molar-refractivity contribution in [2.24, 2.45) is 0 Å². The fourth-order valence-corrected chi connectivity index (χ4v) is 3.50. The van der Waals surface area contributed by atoms with Crippen molar-refractivity contribution < 1.29 is 4.79 Å². The molecule has 23 heavy (non-hydrogen) atoms. The van der Waals surface area contributed by atoms with Crippen molar-refractivity contribution >= 4 is 23.4 Å². The summed E-state index contributed by atoms with van der Waals surface area (Å²) < 4.78 is 2.15. The number of nitrogens with one attached hydrogen (secondary N) is 1. The topological polar surface area (TPSA) is 59.8 Å². The predicted octanol–water partition coefficient (Wildman–Crippen LogP) is 3.30. The first-order chi connectivity index (χ1) is 11.3. The second-order valence-corrected chi connectivity index (χ2v) is 6.25. The number of fused-ring (bicyclic) bond motifs is 1. The number of hydrogen-bond acceptors (Lipinski definition) is 4. The van der Waals surface area contributed by atoms with Crippen LogP contribution >= 0.6 is 11.8 Å². The molecule has 0 bridgehead atoms. The lowest BCUT2D eigenvalue weighted by atomic mass is 10.1. The van der Waals surface area contributed by atoms with E-state index in [0.717, 1.165) is 34.4 Å². The number of nitrogens with zero attached hydrogens (tertiary/aromatic N) is 3. The number of hydrogen-bond donors (Lipinski definition) is 1. The van der Waals surface area contributed by atoms with Gasteiger partial charge < -0.3 is 9.88 Å². The summed E-state index contributed by atoms with van der Waals surface area (Å²) in [4.78, 5) is 21.0. The molecule has 2 aromatic heterocycles. The number of thioether (sulfide) groups is 1. The molecule has 0 fully saturated rings. The van der Waals surface area contributed by atoms with Gasteiger partial charge in [-0.15, -0.1) is 0 Å². The molecule has 3 aromatic rings. The molecule has 114 valence electrons. The maximum Gasteiger partial charge on any atom is 0.255 e. The summed E-state index contributed by atoms with van der Waals surface area (Å²) in [6.07, 6.45) is 5.27. The van der Waals surface area contributed by atoms with Gasteiger partial charge in [-0.05, 0) is 18.2 Å². The van der Waals surface area contributed by atoms with Crippen LogP contribution in [0, 0.1) is 0 Å². The fourth-order valence-electron chi connectivity index (χ4n) is 2.55. The molecule has 5 nitrogen and oxygen atoms in total. The van der Waals surface area contributed by atoms with Crippen LogP contribution in [-0.2, 0) is 6.54 Å². The zero-order chi connectivity index (χ0) is 15.6. The number of amides is 1. The number of para-hydroxylation sites is 1. The Labute approximate surface area is 137 Å². The third kappa shape index (κ3) is 2.73. The van der Waals surface area contributed by atoms with Crippen molar-refractivity contribution in [1.82, 2.24) is 14.5 Å². The molecule has 4 rings (SSSR count). The summed E-state index contributed by atoms with van der Waals surface area (Å²) in [7, 11) is 0. The van der Waals surface area contributed by atoms with Gasteiger partial charge in [0.25, 0.3) is 5.91 Å². The Morgan fingerprint density at radius 1 is 1.17 bits per heavy atom. The molecule has 1 N–H and O–H groups in total. The van der Waals surface area contributed by atoms with Gasteiger partial charge in [-0.2, -0.15) is 0 Å². The number of benzene rings is 1. The molecule has 1 aliphatic heterocycles. The van der Waals surface area contributed by atoms with Crippen LogP contribution in [0.25, 0.3) is 11.3 Å². The Hall–Kier alpha value is -2.60. The van der Waals surface area contributed by atoms with Crippen molar-refractivity contribution in [1.29, 1.82) is 0 Å². The Morgan fingerprint density at radius 3 is 2.83 bits per heavy atom. The van der Waals surface area contributed by atoms with E-state index in [1.165, 1.54) is 0 Å². The maximum absolute atomic E-state index is 12.4. The second kappa shape index (κ2) is 5.89. The van der Waals surface area contributed by atoms with Gasteiger partial charge in [0.2, 0.25) is 0 Å². The fraction of sp³-hybridized carbons (Fsp3) is 0.118. The average molecular weight is 322 g/mol. The van der Waals surface area contributed by atoms with Crippen LogP contribution in [0.1, 0.15) is 10.4 Å². The highest BCUT2D eigenvalue weighted by Gasteiger charge is 2.17. The van der Waals surface area contributed by atoms with E-state index in [4.69, 9.17) is 0 Å². The molecule has 0 saturated carbocycles. The SMILES string of the molecule is O=C(Nc1ccccc1-c1cn2c(n1)SCC2)c1ccncc1. The molecular weight excluding hydrogens is 308 g/mol. The summed E-state index contributed by atoms with van der Waals surface area (Å²) in [5, 5.41) is 4.00. The van der Waals surface area contributed by atoms with Gasteiger partial charge in [0.1, 0.15) is 0 Å². The van der Waals surface area contributed by atoms with Crippen LogP contribution in [0.5, 0.6) is 0 Å². The van der Waals surface area contributed by atoms with Gasteiger partial charge >= 0.3 is 0 Å². The molecule has 1 amide bonds. The molecule has 0 aliphatic carbocycles. The number of carbonyl (C=O) groups excluding carboxylic acids is 1. The van der Waals surface area contributed by atoms with Crippen LogP contribution in [-0.4, -0.2) is 26.2 Å². The molecule has 0 radical (unpaired) electrons. The standard InChI is InChI=1S/C17H14N4OS/c22-16(12-5-7-18-8-6-12)19-14-4-2-1-3-13(14)15-11-21-9-10-23-17(21)20-15/h1-8,11H,9-10H2,(H,19,22). The minimum atomic E-state index is -0.152. The highest BCUT2D eigenvalue weighted by atomic mass is 32.2. The molecule has 6 heteroatoms. The summed E-state index contributed by atoms with van der Waals surface area (Å²) in [5.74, 6) is 0.921. The summed E-state index contributed by atoms with van der Waals surface area (Å²) in [5.41, 5.74) is 3.16. The van der Waals surface area contributed by atoms with Crippen LogP contribution < -0.4 is 5.32 Å². The zero-order valence-corrected chi connectivity index (χ0v) is 13.1. The van der Waals surface area contributed by atoms with Crippen molar-refractivity contribution in [3.05, 3.63) is 60.6 Å². The van der Waals surface area contributed by atoms with Gasteiger partial charge in [0.15, 0.2) is 5.16 Å². The van der Waals surface area contributed by atoms with E-state index in [0.29, 0.717) is 5.56 Å². The number of imidazole rings is 1. The molecular formula is C17H14N4OS. The summed E-state index contributed by atoms with van der Waals surface area (Å²) in [6, 6.07) is 11.1. The lowest BCUT2D eigenvalue weighted by Crippen LogP contribution is -2.12. The summed E-state index contributed by atoms with van der Waals surface area (Å²) >= 11 is 1.76. The minimum absolute atomic E-state index is 0.152. The van der Waals surface area contributed by atoms with Gasteiger partial charge in [0.05, 0.1) is 11.4 Å². The third-order valence-corrected chi connectivity index (χ3v) is 4.67. The van der Waals surface area contributed by atoms with E-state index in [2.05, 4.69) is 19.9 Å². The minimum Gasteiger partial charge on any atom is -0.325 e. The Kier molecular flexibility index (Phi) is 3.59. The van der Waals surface area contributed by atoms with Crippen molar-refractivity contribution in [3.63, 3.8) is 0 Å². The second-order valence-electron chi connectivity index (χ2n) is 5.19. The van der Waals surface area contributed by atoms with Crippen molar-refractivity contribution in [3.8, 4) is 11.3 Å². The van der Waals surface area contributed by atoms with E-state index >= 15 is 0 Å². The van der Waals surface area contributed by atoms with Crippen molar-refractivity contribution in [2.45, 2.75) is 11.7 Å². The molecule has 0 spiro atoms. The van der Waals surface area contributed by atoms with E-state index in [-0.39, 0.29) is 5.91 Å². The zero-order valence-electron chi connectivity index (χ0n) is 12.3. The Bertz CT molecular complexity index is 839. The van der Waals surface area contributed by atoms with Gasteiger partial charge in [-0.1, -0.05) is 30.0 Å². The van der Waals surface area contributed by atoms with Crippen LogP contribution in [0.15, 0.2) is 60.1 Å². The molecule has 1 aromatic carbocycles. The number of rotatable bonds is 3. The third-order valence-electron chi connectivity index (χ3n) is 3.70. The first-order valence-electron chi connectivity index (χ1n) is 7.32. The van der Waals surface area contributed by atoms with Crippen LogP contribution in [0.2, 0.25) is 0 Å². The van der Waals surface area contributed by atoms with Gasteiger partial charge in [0, 0.05) is 42.0 Å². The normalized spacial score (nSPS) is 12.9. The quantitative estimate of drug-likeness (QED) is 0.804. The lowest BCUT2D eigenvalue weighted by molar-refractivity contribution is 0.102. The number of carbonyl (C=O) groups is 1. The summed E-state index contributed by atoms with van der Waals surface area (Å²) in [6.45, 7) is 0.985. The van der Waals surface area contributed by atoms with Crippen molar-refractivity contribution in [2.75, 3.05) is 11.1 Å². The lowest BCUT2D eigenvalue weighted by Gasteiger charge is -2.09. The van der Waals surface area contributed by atoms with Gasteiger partial charge in [-0.25, -0.2) is 4.98 Å². The molecule has 3 heterocycles. The van der Waals surface area contributed by atoms with Crippen LogP contribution in [0.3, 0.4) is 0 Å². The molecule has 1 aliphatic rings. The first-order valence-corrected chi connectivity index (χ1v) is 8.30. The van der Waals surface area contributed by atoms with E-state index < -0.39 is 0 Å². The average Bonchev–Trinajstić information content (AvgIpc) is 3.18. The highest BCUT2D eigenvalue weighted by molar-refractivity contribution is 7.99. The number of aromatic nitrogens is 3. The van der Waals surface area contributed by atoms with E-state index in [9.17, 15) is 4.79 Å². The Balaban J connectivity index is 1.66. The first kappa shape index (κ1) is 14.0. The smallest absolute Gasteiger partial charge is 0.255 e. The predicted molar refractivity (Wildman–Crippen MR) is 90.6 cm³/mol. The molecule has 0 saturated heterocycles. The van der Waals surface area contributed by atoms with Crippen LogP contribution in [0.4, 0.5) is 5.69 Å². The molecule has 0 atom stereocenters. The van der Waals surface area contributed by atoms with E-state index in [1.807, 2.05) is 30.5 Å². The van der Waals surface area contributed by atoms with Gasteiger partial charge in [-0.3, -0.25) is 9.78 Å². The van der Waals surface area contributed by atoms with E-state index in [1.54, 1.807) is 36.3 Å².